The third kappa shape index (κ3) is 3.24. The van der Waals surface area contributed by atoms with Crippen molar-refractivity contribution in [1.29, 1.82) is 0 Å². The molecule has 0 fully saturated rings. The topological polar surface area (TPSA) is 40.5 Å². The van der Waals surface area contributed by atoms with Crippen LogP contribution >= 0.6 is 11.6 Å². The molecule has 0 radical (unpaired) electrons. The lowest BCUT2D eigenvalue weighted by Gasteiger charge is -2.31. The second-order valence-corrected chi connectivity index (χ2v) is 5.18. The smallest absolute Gasteiger partial charge is 0.232 e. The summed E-state index contributed by atoms with van der Waals surface area (Å²) in [7, 11) is 0. The lowest BCUT2D eigenvalue weighted by atomic mass is 9.83. The second-order valence-electron chi connectivity index (χ2n) is 4.74. The molecule has 1 amide bonds. The summed E-state index contributed by atoms with van der Waals surface area (Å²) in [6.45, 7) is 6.63. The van der Waals surface area contributed by atoms with E-state index in [1.165, 1.54) is 0 Å². The van der Waals surface area contributed by atoms with E-state index < -0.39 is 5.41 Å². The molecule has 0 spiro atoms. The van der Waals surface area contributed by atoms with Gasteiger partial charge in [0.25, 0.3) is 0 Å². The summed E-state index contributed by atoms with van der Waals surface area (Å²) >= 11 is 5.85. The van der Waals surface area contributed by atoms with Crippen LogP contribution in [-0.2, 0) is 10.2 Å². The van der Waals surface area contributed by atoms with Crippen molar-refractivity contribution in [3.63, 3.8) is 0 Å². The molecule has 0 heterocycles. The molecule has 1 aromatic carbocycles. The van der Waals surface area contributed by atoms with Crippen LogP contribution in [0.15, 0.2) is 24.3 Å². The summed E-state index contributed by atoms with van der Waals surface area (Å²) in [5, 5.41) is 9.64. The molecule has 0 aliphatic carbocycles. The van der Waals surface area contributed by atoms with E-state index in [4.69, 9.17) is 16.7 Å². The molecule has 100 valence electrons. The van der Waals surface area contributed by atoms with Crippen molar-refractivity contribution < 1.29 is 9.90 Å². The van der Waals surface area contributed by atoms with Gasteiger partial charge < -0.3 is 10.0 Å². The third-order valence-electron chi connectivity index (χ3n) is 3.14. The first-order chi connectivity index (χ1) is 8.43. The van der Waals surface area contributed by atoms with Crippen LogP contribution in [-0.4, -0.2) is 35.6 Å². The van der Waals surface area contributed by atoms with Crippen molar-refractivity contribution in [3.8, 4) is 0 Å². The summed E-state index contributed by atoms with van der Waals surface area (Å²) < 4.78 is 0. The SMILES string of the molecule is CCN(CCO)C(=O)C(C)(C)c1ccc(Cl)cc1. The molecule has 0 unspecified atom stereocenters. The maximum absolute atomic E-state index is 12.5. The Labute approximate surface area is 113 Å². The van der Waals surface area contributed by atoms with Crippen molar-refractivity contribution in [1.82, 2.24) is 4.90 Å². The molecule has 0 aliphatic heterocycles. The van der Waals surface area contributed by atoms with E-state index in [1.54, 1.807) is 17.0 Å². The highest BCUT2D eigenvalue weighted by atomic mass is 35.5. The number of aliphatic hydroxyl groups excluding tert-OH is 1. The van der Waals surface area contributed by atoms with Crippen molar-refractivity contribution in [2.24, 2.45) is 0 Å². The van der Waals surface area contributed by atoms with Crippen LogP contribution in [0.5, 0.6) is 0 Å². The number of benzene rings is 1. The van der Waals surface area contributed by atoms with Gasteiger partial charge in [-0.25, -0.2) is 0 Å². The minimum absolute atomic E-state index is 0.0152. The lowest BCUT2D eigenvalue weighted by Crippen LogP contribution is -2.44. The van der Waals surface area contributed by atoms with E-state index in [1.807, 2.05) is 32.9 Å². The Morgan fingerprint density at radius 2 is 1.89 bits per heavy atom. The van der Waals surface area contributed by atoms with Gasteiger partial charge in [0.05, 0.1) is 12.0 Å². The first-order valence-electron chi connectivity index (χ1n) is 6.09. The van der Waals surface area contributed by atoms with E-state index in [9.17, 15) is 4.79 Å². The number of carbonyl (C=O) groups excluding carboxylic acids is 1. The quantitative estimate of drug-likeness (QED) is 0.892. The first-order valence-corrected chi connectivity index (χ1v) is 6.47. The van der Waals surface area contributed by atoms with Gasteiger partial charge in [-0.2, -0.15) is 0 Å². The van der Waals surface area contributed by atoms with Crippen molar-refractivity contribution in [2.75, 3.05) is 19.7 Å². The zero-order valence-corrected chi connectivity index (χ0v) is 11.9. The normalized spacial score (nSPS) is 11.4. The molecule has 4 heteroatoms. The van der Waals surface area contributed by atoms with E-state index in [0.717, 1.165) is 5.56 Å². The molecule has 0 atom stereocenters. The van der Waals surface area contributed by atoms with E-state index in [2.05, 4.69) is 0 Å². The minimum Gasteiger partial charge on any atom is -0.395 e. The lowest BCUT2D eigenvalue weighted by molar-refractivity contribution is -0.136. The zero-order chi connectivity index (χ0) is 13.8. The third-order valence-corrected chi connectivity index (χ3v) is 3.39. The molecule has 1 aromatic rings. The average molecular weight is 270 g/mol. The number of rotatable bonds is 5. The average Bonchev–Trinajstić information content (AvgIpc) is 2.35. The number of hydrogen-bond donors (Lipinski definition) is 1. The zero-order valence-electron chi connectivity index (χ0n) is 11.1. The number of aliphatic hydroxyl groups is 1. The van der Waals surface area contributed by atoms with Crippen LogP contribution in [0.25, 0.3) is 0 Å². The van der Waals surface area contributed by atoms with Crippen LogP contribution in [0, 0.1) is 0 Å². The number of carbonyl (C=O) groups is 1. The maximum Gasteiger partial charge on any atom is 0.232 e. The van der Waals surface area contributed by atoms with Crippen LogP contribution in [0.3, 0.4) is 0 Å². The van der Waals surface area contributed by atoms with Gasteiger partial charge in [0, 0.05) is 18.1 Å². The molecule has 0 bridgehead atoms. The number of halogens is 1. The predicted molar refractivity (Wildman–Crippen MR) is 73.8 cm³/mol. The number of hydrogen-bond acceptors (Lipinski definition) is 2. The van der Waals surface area contributed by atoms with Crippen LogP contribution in [0.2, 0.25) is 5.02 Å². The summed E-state index contributed by atoms with van der Waals surface area (Å²) in [5.41, 5.74) is 0.309. The number of amides is 1. The standard InChI is InChI=1S/C14H20ClNO2/c1-4-16(9-10-17)13(18)14(2,3)11-5-7-12(15)8-6-11/h5-8,17H,4,9-10H2,1-3H3. The molecule has 18 heavy (non-hydrogen) atoms. The minimum atomic E-state index is -0.615. The fourth-order valence-electron chi connectivity index (χ4n) is 1.91. The monoisotopic (exact) mass is 269 g/mol. The van der Waals surface area contributed by atoms with E-state index >= 15 is 0 Å². The van der Waals surface area contributed by atoms with Crippen molar-refractivity contribution in [3.05, 3.63) is 34.9 Å². The molecule has 3 nitrogen and oxygen atoms in total. The molecule has 0 saturated carbocycles. The molecule has 0 saturated heterocycles. The van der Waals surface area contributed by atoms with Gasteiger partial charge >= 0.3 is 0 Å². The predicted octanol–water partition coefficient (Wildman–Crippen LogP) is 2.46. The summed E-state index contributed by atoms with van der Waals surface area (Å²) in [4.78, 5) is 14.1. The Hall–Kier alpha value is -1.06. The maximum atomic E-state index is 12.5. The molecular weight excluding hydrogens is 250 g/mol. The van der Waals surface area contributed by atoms with E-state index in [0.29, 0.717) is 18.1 Å². The summed E-state index contributed by atoms with van der Waals surface area (Å²) in [6.07, 6.45) is 0. The highest BCUT2D eigenvalue weighted by Gasteiger charge is 2.32. The van der Waals surface area contributed by atoms with Crippen LogP contribution < -0.4 is 0 Å². The molecular formula is C14H20ClNO2. The number of nitrogens with zero attached hydrogens (tertiary/aromatic N) is 1. The Bertz CT molecular complexity index is 401. The fourth-order valence-corrected chi connectivity index (χ4v) is 2.04. The number of likely N-dealkylation sites (N-methyl/N-ethyl adjacent to an activating group) is 1. The van der Waals surface area contributed by atoms with E-state index in [-0.39, 0.29) is 12.5 Å². The van der Waals surface area contributed by atoms with Gasteiger partial charge in [0.1, 0.15) is 0 Å². The second kappa shape index (κ2) is 6.21. The van der Waals surface area contributed by atoms with Crippen molar-refractivity contribution in [2.45, 2.75) is 26.2 Å². The highest BCUT2D eigenvalue weighted by Crippen LogP contribution is 2.26. The Kier molecular flexibility index (Phi) is 5.17. The molecule has 0 aliphatic rings. The Morgan fingerprint density at radius 3 is 2.33 bits per heavy atom. The van der Waals surface area contributed by atoms with Gasteiger partial charge in [-0.05, 0) is 38.5 Å². The fraction of sp³-hybridized carbons (Fsp3) is 0.500. The van der Waals surface area contributed by atoms with Crippen LogP contribution in [0.4, 0.5) is 0 Å². The summed E-state index contributed by atoms with van der Waals surface area (Å²) in [5.74, 6) is 0.0152. The van der Waals surface area contributed by atoms with Gasteiger partial charge in [0.15, 0.2) is 0 Å². The highest BCUT2D eigenvalue weighted by molar-refractivity contribution is 6.30. The van der Waals surface area contributed by atoms with Gasteiger partial charge in [0.2, 0.25) is 5.91 Å². The Morgan fingerprint density at radius 1 is 1.33 bits per heavy atom. The largest absolute Gasteiger partial charge is 0.395 e. The Balaban J connectivity index is 2.97. The van der Waals surface area contributed by atoms with Gasteiger partial charge in [-0.3, -0.25) is 4.79 Å². The van der Waals surface area contributed by atoms with Gasteiger partial charge in [-0.1, -0.05) is 23.7 Å². The van der Waals surface area contributed by atoms with Crippen molar-refractivity contribution >= 4 is 17.5 Å². The molecule has 0 aromatic heterocycles. The van der Waals surface area contributed by atoms with Gasteiger partial charge in [-0.15, -0.1) is 0 Å². The molecule has 1 rings (SSSR count). The summed E-state index contributed by atoms with van der Waals surface area (Å²) in [6, 6.07) is 7.31. The van der Waals surface area contributed by atoms with Crippen LogP contribution in [0.1, 0.15) is 26.3 Å². The first kappa shape index (κ1) is 15.0. The molecule has 1 N–H and O–H groups in total.